The number of benzene rings is 1. The number of thiophene rings is 1. The summed E-state index contributed by atoms with van der Waals surface area (Å²) in [6.45, 7) is 4.13. The average Bonchev–Trinajstić information content (AvgIpc) is 2.98. The van der Waals surface area contributed by atoms with Crippen LogP contribution in [0.1, 0.15) is 30.2 Å². The van der Waals surface area contributed by atoms with E-state index < -0.39 is 0 Å². The number of ether oxygens (including phenoxy) is 1. The largest absolute Gasteiger partial charge is 0.483 e. The zero-order chi connectivity index (χ0) is 15.1. The van der Waals surface area contributed by atoms with E-state index in [1.165, 1.54) is 0 Å². The molecule has 5 heteroatoms. The Hall–Kier alpha value is -2.14. The van der Waals surface area contributed by atoms with E-state index in [0.29, 0.717) is 5.92 Å². The van der Waals surface area contributed by atoms with Crippen molar-refractivity contribution < 1.29 is 9.53 Å². The number of hydrogen-bond donors (Lipinski definition) is 1. The van der Waals surface area contributed by atoms with Crippen molar-refractivity contribution in [2.75, 3.05) is 6.61 Å². The van der Waals surface area contributed by atoms with Gasteiger partial charge in [-0.15, -0.1) is 11.3 Å². The summed E-state index contributed by atoms with van der Waals surface area (Å²) in [6, 6.07) is 11.6. The van der Waals surface area contributed by atoms with Crippen LogP contribution in [0.4, 0.5) is 0 Å². The third kappa shape index (κ3) is 4.72. The maximum atomic E-state index is 11.7. The second-order valence-electron chi connectivity index (χ2n) is 4.79. The van der Waals surface area contributed by atoms with E-state index in [9.17, 15) is 4.79 Å². The smallest absolute Gasteiger partial charge is 0.277 e. The molecule has 0 unspecified atom stereocenters. The standard InChI is InChI=1S/C16H18N2O2S/c1-12(2)14-7-3-4-8-15(14)20-11-16(19)18-17-10-13-6-5-9-21-13/h3-10,12H,11H2,1-2H3,(H,18,19). The lowest BCUT2D eigenvalue weighted by Crippen LogP contribution is -2.24. The molecule has 0 fully saturated rings. The minimum Gasteiger partial charge on any atom is -0.483 e. The molecule has 0 saturated heterocycles. The van der Waals surface area contributed by atoms with Gasteiger partial charge in [0, 0.05) is 4.88 Å². The van der Waals surface area contributed by atoms with Crippen LogP contribution in [-0.4, -0.2) is 18.7 Å². The Morgan fingerprint density at radius 3 is 2.86 bits per heavy atom. The van der Waals surface area contributed by atoms with E-state index in [-0.39, 0.29) is 12.5 Å². The molecule has 1 N–H and O–H groups in total. The highest BCUT2D eigenvalue weighted by molar-refractivity contribution is 7.11. The summed E-state index contributed by atoms with van der Waals surface area (Å²) in [7, 11) is 0. The lowest BCUT2D eigenvalue weighted by molar-refractivity contribution is -0.123. The number of hydrazone groups is 1. The Labute approximate surface area is 128 Å². The molecule has 0 spiro atoms. The van der Waals surface area contributed by atoms with Crippen LogP contribution in [0.25, 0.3) is 0 Å². The molecule has 1 heterocycles. The third-order valence-electron chi connectivity index (χ3n) is 2.82. The summed E-state index contributed by atoms with van der Waals surface area (Å²) >= 11 is 1.56. The van der Waals surface area contributed by atoms with Crippen LogP contribution in [0.3, 0.4) is 0 Å². The second kappa shape index (κ2) is 7.59. The van der Waals surface area contributed by atoms with Crippen molar-refractivity contribution in [3.63, 3.8) is 0 Å². The number of rotatable bonds is 6. The second-order valence-corrected chi connectivity index (χ2v) is 5.77. The predicted octanol–water partition coefficient (Wildman–Crippen LogP) is 3.40. The fourth-order valence-electron chi connectivity index (χ4n) is 1.80. The van der Waals surface area contributed by atoms with Gasteiger partial charge in [-0.3, -0.25) is 4.79 Å². The zero-order valence-electron chi connectivity index (χ0n) is 12.1. The van der Waals surface area contributed by atoms with E-state index in [1.54, 1.807) is 17.6 Å². The summed E-state index contributed by atoms with van der Waals surface area (Å²) in [6.07, 6.45) is 1.62. The van der Waals surface area contributed by atoms with Gasteiger partial charge >= 0.3 is 0 Å². The van der Waals surface area contributed by atoms with Gasteiger partial charge in [-0.25, -0.2) is 5.43 Å². The number of para-hydroxylation sites is 1. The highest BCUT2D eigenvalue weighted by atomic mass is 32.1. The van der Waals surface area contributed by atoms with Gasteiger partial charge in [-0.1, -0.05) is 38.1 Å². The number of amides is 1. The first-order valence-corrected chi connectivity index (χ1v) is 7.62. The molecule has 21 heavy (non-hydrogen) atoms. The highest BCUT2D eigenvalue weighted by Gasteiger charge is 2.08. The first-order valence-electron chi connectivity index (χ1n) is 6.74. The lowest BCUT2D eigenvalue weighted by atomic mass is 10.0. The number of nitrogens with one attached hydrogen (secondary N) is 1. The minimum absolute atomic E-state index is 0.0501. The van der Waals surface area contributed by atoms with Gasteiger partial charge in [0.05, 0.1) is 6.21 Å². The number of carbonyl (C=O) groups excluding carboxylic acids is 1. The van der Waals surface area contributed by atoms with E-state index in [4.69, 9.17) is 4.74 Å². The van der Waals surface area contributed by atoms with E-state index in [1.807, 2.05) is 41.8 Å². The molecule has 0 atom stereocenters. The molecule has 0 radical (unpaired) electrons. The fraction of sp³-hybridized carbons (Fsp3) is 0.250. The maximum Gasteiger partial charge on any atom is 0.277 e. The third-order valence-corrected chi connectivity index (χ3v) is 3.63. The molecule has 0 bridgehead atoms. The summed E-state index contributed by atoms with van der Waals surface area (Å²) in [5, 5.41) is 5.84. The molecule has 0 aliphatic carbocycles. The Kier molecular flexibility index (Phi) is 5.51. The molecular weight excluding hydrogens is 284 g/mol. The monoisotopic (exact) mass is 302 g/mol. The molecule has 110 valence electrons. The van der Waals surface area contributed by atoms with Crippen molar-refractivity contribution in [2.45, 2.75) is 19.8 Å². The van der Waals surface area contributed by atoms with Crippen LogP contribution in [0.15, 0.2) is 46.9 Å². The van der Waals surface area contributed by atoms with Gasteiger partial charge in [0.15, 0.2) is 6.61 Å². The van der Waals surface area contributed by atoms with Crippen molar-refractivity contribution in [2.24, 2.45) is 5.10 Å². The summed E-state index contributed by atoms with van der Waals surface area (Å²) < 4.78 is 5.56. The zero-order valence-corrected chi connectivity index (χ0v) is 12.9. The van der Waals surface area contributed by atoms with E-state index in [0.717, 1.165) is 16.2 Å². The SMILES string of the molecule is CC(C)c1ccccc1OCC(=O)NN=Cc1cccs1. The van der Waals surface area contributed by atoms with Crippen molar-refractivity contribution in [1.82, 2.24) is 5.43 Å². The number of nitrogens with zero attached hydrogens (tertiary/aromatic N) is 1. The first kappa shape index (κ1) is 15.3. The topological polar surface area (TPSA) is 50.7 Å². The van der Waals surface area contributed by atoms with E-state index in [2.05, 4.69) is 24.4 Å². The minimum atomic E-state index is -0.277. The van der Waals surface area contributed by atoms with Gasteiger partial charge in [-0.2, -0.15) is 5.10 Å². The first-order chi connectivity index (χ1) is 10.2. The Morgan fingerprint density at radius 2 is 2.14 bits per heavy atom. The van der Waals surface area contributed by atoms with Gasteiger partial charge < -0.3 is 4.74 Å². The summed E-state index contributed by atoms with van der Waals surface area (Å²) in [5.41, 5.74) is 3.54. The predicted molar refractivity (Wildman–Crippen MR) is 86.1 cm³/mol. The molecule has 4 nitrogen and oxygen atoms in total. The fourth-order valence-corrected chi connectivity index (χ4v) is 2.38. The van der Waals surface area contributed by atoms with Crippen molar-refractivity contribution in [3.8, 4) is 5.75 Å². The lowest BCUT2D eigenvalue weighted by Gasteiger charge is -2.12. The van der Waals surface area contributed by atoms with Crippen molar-refractivity contribution in [3.05, 3.63) is 52.2 Å². The molecule has 0 aliphatic rings. The van der Waals surface area contributed by atoms with Crippen LogP contribution < -0.4 is 10.2 Å². The molecule has 1 amide bonds. The molecule has 1 aromatic heterocycles. The van der Waals surface area contributed by atoms with Crippen LogP contribution >= 0.6 is 11.3 Å². The van der Waals surface area contributed by atoms with Crippen LogP contribution in [-0.2, 0) is 4.79 Å². The summed E-state index contributed by atoms with van der Waals surface area (Å²) in [5.74, 6) is 0.812. The molecule has 1 aromatic carbocycles. The van der Waals surface area contributed by atoms with Crippen molar-refractivity contribution in [1.29, 1.82) is 0 Å². The van der Waals surface area contributed by atoms with Gasteiger partial charge in [0.25, 0.3) is 5.91 Å². The van der Waals surface area contributed by atoms with Gasteiger partial charge in [-0.05, 0) is 29.0 Å². The maximum absolute atomic E-state index is 11.7. The Balaban J connectivity index is 1.84. The average molecular weight is 302 g/mol. The van der Waals surface area contributed by atoms with Crippen LogP contribution in [0.2, 0.25) is 0 Å². The highest BCUT2D eigenvalue weighted by Crippen LogP contribution is 2.25. The summed E-state index contributed by atoms with van der Waals surface area (Å²) in [4.78, 5) is 12.7. The van der Waals surface area contributed by atoms with Crippen LogP contribution in [0, 0.1) is 0 Å². The molecule has 0 aliphatic heterocycles. The number of hydrogen-bond acceptors (Lipinski definition) is 4. The van der Waals surface area contributed by atoms with Gasteiger partial charge in [0.2, 0.25) is 0 Å². The Bertz CT molecular complexity index is 606. The normalized spacial score (nSPS) is 11.0. The molecule has 2 aromatic rings. The number of carbonyl (C=O) groups is 1. The molecule has 2 rings (SSSR count). The van der Waals surface area contributed by atoms with Gasteiger partial charge in [0.1, 0.15) is 5.75 Å². The van der Waals surface area contributed by atoms with Crippen molar-refractivity contribution >= 4 is 23.5 Å². The quantitative estimate of drug-likeness (QED) is 0.657. The molecular formula is C16H18N2O2S. The van der Waals surface area contributed by atoms with E-state index >= 15 is 0 Å². The molecule has 0 saturated carbocycles. The van der Waals surface area contributed by atoms with Crippen LogP contribution in [0.5, 0.6) is 5.75 Å². The Morgan fingerprint density at radius 1 is 1.33 bits per heavy atom.